The van der Waals surface area contributed by atoms with E-state index in [4.69, 9.17) is 5.53 Å². The zero-order valence-corrected chi connectivity index (χ0v) is 14.0. The molecule has 3 rings (SSSR count). The SMILES string of the molecule is [N-]=[N+]=NCc1ccc(-c2ccccc2-c2nnn[n-]2)cc1.[Na+]. The minimum absolute atomic E-state index is 0. The Bertz CT molecular complexity index is 777. The summed E-state index contributed by atoms with van der Waals surface area (Å²) in [4.78, 5) is 2.75. The molecule has 0 saturated heterocycles. The summed E-state index contributed by atoms with van der Waals surface area (Å²) < 4.78 is 0. The normalized spacial score (nSPS) is 9.64. The van der Waals surface area contributed by atoms with Gasteiger partial charge in [0.2, 0.25) is 0 Å². The molecule has 0 fully saturated rings. The van der Waals surface area contributed by atoms with E-state index < -0.39 is 0 Å². The second kappa shape index (κ2) is 7.72. The first-order valence-corrected chi connectivity index (χ1v) is 6.27. The molecule has 1 heterocycles. The molecule has 102 valence electrons. The molecule has 0 N–H and O–H groups in total. The molecule has 0 aliphatic carbocycles. The first-order valence-electron chi connectivity index (χ1n) is 6.27. The van der Waals surface area contributed by atoms with Gasteiger partial charge in [-0.1, -0.05) is 53.6 Å². The molecule has 0 saturated carbocycles. The van der Waals surface area contributed by atoms with Crippen LogP contribution in [0.4, 0.5) is 0 Å². The second-order valence-electron chi connectivity index (χ2n) is 4.33. The van der Waals surface area contributed by atoms with Crippen LogP contribution in [0.1, 0.15) is 5.56 Å². The summed E-state index contributed by atoms with van der Waals surface area (Å²) in [5, 5.41) is 18.4. The molecule has 0 bridgehead atoms. The number of rotatable bonds is 4. The summed E-state index contributed by atoms with van der Waals surface area (Å²) in [7, 11) is 0. The van der Waals surface area contributed by atoms with E-state index >= 15 is 0 Å². The topological polar surface area (TPSA) is 102 Å². The van der Waals surface area contributed by atoms with E-state index in [0.29, 0.717) is 12.4 Å². The summed E-state index contributed by atoms with van der Waals surface area (Å²) in [5.41, 5.74) is 12.2. The Hall–Kier alpha value is -2.18. The average molecular weight is 299 g/mol. The first-order chi connectivity index (χ1) is 10.4. The van der Waals surface area contributed by atoms with Crippen molar-refractivity contribution in [3.05, 3.63) is 64.5 Å². The van der Waals surface area contributed by atoms with Crippen molar-refractivity contribution in [3.8, 4) is 22.5 Å². The Morgan fingerprint density at radius 2 is 1.77 bits per heavy atom. The number of benzene rings is 2. The van der Waals surface area contributed by atoms with Crippen LogP contribution < -0.4 is 34.7 Å². The molecule has 0 aliphatic rings. The van der Waals surface area contributed by atoms with E-state index in [9.17, 15) is 0 Å². The van der Waals surface area contributed by atoms with Gasteiger partial charge in [0.05, 0.1) is 6.54 Å². The largest absolute Gasteiger partial charge is 1.00 e. The van der Waals surface area contributed by atoms with Crippen molar-refractivity contribution in [1.82, 2.24) is 20.6 Å². The van der Waals surface area contributed by atoms with Gasteiger partial charge in [0.15, 0.2) is 0 Å². The Labute approximate surface area is 148 Å². The van der Waals surface area contributed by atoms with Crippen LogP contribution in [0.25, 0.3) is 33.0 Å². The maximum atomic E-state index is 8.33. The van der Waals surface area contributed by atoms with E-state index in [2.05, 4.69) is 30.7 Å². The van der Waals surface area contributed by atoms with Crippen LogP contribution in [0.3, 0.4) is 0 Å². The fourth-order valence-corrected chi connectivity index (χ4v) is 2.09. The molecule has 0 atom stereocenters. The van der Waals surface area contributed by atoms with Crippen LogP contribution in [0, 0.1) is 0 Å². The molecular weight excluding hydrogens is 289 g/mol. The monoisotopic (exact) mass is 299 g/mol. The number of azide groups is 1. The Kier molecular flexibility index (Phi) is 5.68. The Balaban J connectivity index is 0.00000176. The first kappa shape index (κ1) is 16.2. The minimum atomic E-state index is 0. The van der Waals surface area contributed by atoms with Crippen LogP contribution in [-0.2, 0) is 6.54 Å². The number of nitrogens with zero attached hydrogens (tertiary/aromatic N) is 7. The molecule has 0 aliphatic heterocycles. The van der Waals surface area contributed by atoms with Gasteiger partial charge in [-0.15, -0.1) is 0 Å². The molecule has 8 heteroatoms. The van der Waals surface area contributed by atoms with Gasteiger partial charge in [0.1, 0.15) is 0 Å². The van der Waals surface area contributed by atoms with Crippen LogP contribution in [0.2, 0.25) is 0 Å². The predicted molar refractivity (Wildman–Crippen MR) is 76.9 cm³/mol. The van der Waals surface area contributed by atoms with E-state index in [1.807, 2.05) is 48.5 Å². The second-order valence-corrected chi connectivity index (χ2v) is 4.33. The molecule has 0 spiro atoms. The zero-order chi connectivity index (χ0) is 14.5. The third-order valence-electron chi connectivity index (χ3n) is 3.07. The fourth-order valence-electron chi connectivity index (χ4n) is 2.09. The molecule has 0 amide bonds. The molecular formula is C14H10N7Na. The molecule has 0 unspecified atom stereocenters. The van der Waals surface area contributed by atoms with Crippen molar-refractivity contribution < 1.29 is 29.6 Å². The van der Waals surface area contributed by atoms with Crippen molar-refractivity contribution >= 4 is 0 Å². The van der Waals surface area contributed by atoms with Gasteiger partial charge < -0.3 is 5.10 Å². The molecule has 2 aromatic carbocycles. The van der Waals surface area contributed by atoms with Crippen molar-refractivity contribution in [2.24, 2.45) is 5.11 Å². The van der Waals surface area contributed by atoms with Crippen molar-refractivity contribution in [3.63, 3.8) is 0 Å². The molecule has 3 aromatic rings. The van der Waals surface area contributed by atoms with Gasteiger partial charge >= 0.3 is 29.6 Å². The average Bonchev–Trinajstić information content (AvgIpc) is 3.08. The van der Waals surface area contributed by atoms with Gasteiger partial charge in [0.25, 0.3) is 0 Å². The van der Waals surface area contributed by atoms with Gasteiger partial charge in [0, 0.05) is 10.7 Å². The van der Waals surface area contributed by atoms with Crippen LogP contribution in [-0.4, -0.2) is 15.5 Å². The van der Waals surface area contributed by atoms with Crippen LogP contribution in [0.15, 0.2) is 53.6 Å². The summed E-state index contributed by atoms with van der Waals surface area (Å²) in [6.45, 7) is 0.345. The fraction of sp³-hybridized carbons (Fsp3) is 0.0714. The maximum absolute atomic E-state index is 8.33. The molecule has 0 radical (unpaired) electrons. The summed E-state index contributed by atoms with van der Waals surface area (Å²) in [5.74, 6) is 0.503. The third kappa shape index (κ3) is 3.52. The summed E-state index contributed by atoms with van der Waals surface area (Å²) >= 11 is 0. The predicted octanol–water partition coefficient (Wildman–Crippen LogP) is -0.0229. The number of aromatic nitrogens is 4. The van der Waals surface area contributed by atoms with Crippen LogP contribution >= 0.6 is 0 Å². The van der Waals surface area contributed by atoms with E-state index in [1.165, 1.54) is 0 Å². The Morgan fingerprint density at radius 1 is 1.05 bits per heavy atom. The van der Waals surface area contributed by atoms with Gasteiger partial charge in [-0.3, -0.25) is 10.3 Å². The molecule has 7 nitrogen and oxygen atoms in total. The van der Waals surface area contributed by atoms with Crippen molar-refractivity contribution in [2.75, 3.05) is 0 Å². The van der Waals surface area contributed by atoms with Gasteiger partial charge in [-0.2, -0.15) is 5.21 Å². The van der Waals surface area contributed by atoms with Crippen molar-refractivity contribution in [2.45, 2.75) is 6.54 Å². The van der Waals surface area contributed by atoms with E-state index in [1.54, 1.807) is 0 Å². The number of hydrogen-bond donors (Lipinski definition) is 0. The number of hydrogen-bond acceptors (Lipinski definition) is 4. The van der Waals surface area contributed by atoms with E-state index in [-0.39, 0.29) is 29.6 Å². The standard InChI is InChI=1S/C14H10N7.Na/c15-19-16-9-10-5-7-11(8-6-10)12-3-1-2-4-13(12)14-17-20-21-18-14;/h1-8H,9H2;/q-1;+1. The molecule has 22 heavy (non-hydrogen) atoms. The third-order valence-corrected chi connectivity index (χ3v) is 3.07. The summed E-state index contributed by atoms with van der Waals surface area (Å²) in [6, 6.07) is 15.6. The quantitative estimate of drug-likeness (QED) is 0.292. The molecule has 1 aromatic heterocycles. The Morgan fingerprint density at radius 3 is 2.41 bits per heavy atom. The van der Waals surface area contributed by atoms with Gasteiger partial charge in [-0.25, -0.2) is 0 Å². The van der Waals surface area contributed by atoms with Crippen molar-refractivity contribution in [1.29, 1.82) is 0 Å². The van der Waals surface area contributed by atoms with Crippen LogP contribution in [0.5, 0.6) is 0 Å². The smallest absolute Gasteiger partial charge is 0.330 e. The number of tetrazole rings is 1. The van der Waals surface area contributed by atoms with Gasteiger partial charge in [-0.05, 0) is 27.8 Å². The minimum Gasteiger partial charge on any atom is -0.330 e. The maximum Gasteiger partial charge on any atom is 1.00 e. The zero-order valence-electron chi connectivity index (χ0n) is 12.0. The van der Waals surface area contributed by atoms with E-state index in [0.717, 1.165) is 22.3 Å². The summed E-state index contributed by atoms with van der Waals surface area (Å²) in [6.07, 6.45) is 0.